The third-order valence-corrected chi connectivity index (χ3v) is 3.26. The third kappa shape index (κ3) is 4.65. The van der Waals surface area contributed by atoms with Crippen molar-refractivity contribution in [1.82, 2.24) is 10.6 Å². The molecule has 0 aromatic rings. The maximum Gasteiger partial charge on any atom is 0.233 e. The molecular formula is C12H24N2O. The minimum Gasteiger partial charge on any atom is -0.355 e. The minimum atomic E-state index is 0.113. The zero-order valence-corrected chi connectivity index (χ0v) is 10.2. The van der Waals surface area contributed by atoms with E-state index < -0.39 is 0 Å². The Bertz CT molecular complexity index is 204. The summed E-state index contributed by atoms with van der Waals surface area (Å²) in [5, 5.41) is 6.13. The van der Waals surface area contributed by atoms with Gasteiger partial charge in [0.15, 0.2) is 0 Å². The Hall–Kier alpha value is -0.570. The Morgan fingerprint density at radius 2 is 1.93 bits per heavy atom. The summed E-state index contributed by atoms with van der Waals surface area (Å²) in [6.07, 6.45) is 4.93. The summed E-state index contributed by atoms with van der Waals surface area (Å²) in [4.78, 5) is 11.2. The third-order valence-electron chi connectivity index (χ3n) is 3.26. The zero-order valence-electron chi connectivity index (χ0n) is 10.2. The maximum atomic E-state index is 11.2. The van der Waals surface area contributed by atoms with Crippen LogP contribution in [0, 0.1) is 5.41 Å². The van der Waals surface area contributed by atoms with Crippen molar-refractivity contribution in [1.29, 1.82) is 0 Å². The van der Waals surface area contributed by atoms with Crippen LogP contribution in [0.5, 0.6) is 0 Å². The predicted molar refractivity (Wildman–Crippen MR) is 62.7 cm³/mol. The Labute approximate surface area is 93.0 Å². The number of rotatable bonds is 4. The average molecular weight is 212 g/mol. The Balaban J connectivity index is 2.16. The highest BCUT2D eigenvalue weighted by molar-refractivity contribution is 5.77. The first-order valence-electron chi connectivity index (χ1n) is 6.03. The fourth-order valence-electron chi connectivity index (χ4n) is 2.10. The molecule has 88 valence electrons. The van der Waals surface area contributed by atoms with Crippen LogP contribution >= 0.6 is 0 Å². The molecule has 3 nitrogen and oxygen atoms in total. The topological polar surface area (TPSA) is 41.1 Å². The number of carbonyl (C=O) groups is 1. The summed E-state index contributed by atoms with van der Waals surface area (Å²) in [6, 6.07) is 0.542. The molecule has 3 heteroatoms. The van der Waals surface area contributed by atoms with Crippen LogP contribution in [0.3, 0.4) is 0 Å². The van der Waals surface area contributed by atoms with Gasteiger partial charge in [-0.1, -0.05) is 13.8 Å². The van der Waals surface area contributed by atoms with Crippen LogP contribution in [0.25, 0.3) is 0 Å². The van der Waals surface area contributed by atoms with Gasteiger partial charge in [-0.2, -0.15) is 0 Å². The summed E-state index contributed by atoms with van der Waals surface area (Å²) in [7, 11) is 0. The normalized spacial score (nSPS) is 21.3. The molecule has 0 radical (unpaired) electrons. The van der Waals surface area contributed by atoms with E-state index in [1.807, 2.05) is 6.92 Å². The number of likely N-dealkylation sites (N-methyl/N-ethyl adjacent to an activating group) is 1. The lowest BCUT2D eigenvalue weighted by atomic mass is 9.75. The molecule has 0 unspecified atom stereocenters. The van der Waals surface area contributed by atoms with Crippen LogP contribution in [-0.4, -0.2) is 25.0 Å². The highest BCUT2D eigenvalue weighted by atomic mass is 16.1. The first-order chi connectivity index (χ1) is 7.03. The molecule has 0 aromatic carbocycles. The monoisotopic (exact) mass is 212 g/mol. The van der Waals surface area contributed by atoms with E-state index in [1.165, 1.54) is 25.7 Å². The standard InChI is InChI=1S/C12H24N2O/c1-4-13-11(15)9-14-10-5-7-12(2,3)8-6-10/h10,14H,4-9H2,1-3H3,(H,13,15). The highest BCUT2D eigenvalue weighted by Gasteiger charge is 2.26. The first kappa shape index (κ1) is 12.5. The van der Waals surface area contributed by atoms with Crippen LogP contribution in [0.2, 0.25) is 0 Å². The van der Waals surface area contributed by atoms with E-state index in [0.29, 0.717) is 18.0 Å². The van der Waals surface area contributed by atoms with Crippen molar-refractivity contribution < 1.29 is 4.79 Å². The number of carbonyl (C=O) groups excluding carboxylic acids is 1. The van der Waals surface area contributed by atoms with Crippen molar-refractivity contribution in [2.45, 2.75) is 52.5 Å². The Morgan fingerprint density at radius 1 is 1.33 bits per heavy atom. The summed E-state index contributed by atoms with van der Waals surface area (Å²) in [5.41, 5.74) is 0.504. The van der Waals surface area contributed by atoms with E-state index in [0.717, 1.165) is 6.54 Å². The van der Waals surface area contributed by atoms with E-state index in [2.05, 4.69) is 24.5 Å². The molecule has 0 heterocycles. The van der Waals surface area contributed by atoms with Gasteiger partial charge in [-0.3, -0.25) is 4.79 Å². The molecule has 1 aliphatic carbocycles. The van der Waals surface area contributed by atoms with Crippen molar-refractivity contribution >= 4 is 5.91 Å². The smallest absolute Gasteiger partial charge is 0.233 e. The van der Waals surface area contributed by atoms with E-state index in [-0.39, 0.29) is 5.91 Å². The van der Waals surface area contributed by atoms with Gasteiger partial charge in [-0.05, 0) is 38.0 Å². The quantitative estimate of drug-likeness (QED) is 0.744. The molecule has 1 fully saturated rings. The molecule has 0 aliphatic heterocycles. The molecule has 0 spiro atoms. The van der Waals surface area contributed by atoms with Gasteiger partial charge in [0.25, 0.3) is 0 Å². The summed E-state index contributed by atoms with van der Waals surface area (Å²) < 4.78 is 0. The van der Waals surface area contributed by atoms with Gasteiger partial charge in [-0.25, -0.2) is 0 Å². The molecule has 0 saturated heterocycles. The lowest BCUT2D eigenvalue weighted by Gasteiger charge is -2.34. The van der Waals surface area contributed by atoms with Crippen molar-refractivity contribution in [3.05, 3.63) is 0 Å². The van der Waals surface area contributed by atoms with Gasteiger partial charge in [0, 0.05) is 12.6 Å². The van der Waals surface area contributed by atoms with E-state index in [9.17, 15) is 4.79 Å². The Morgan fingerprint density at radius 3 is 2.47 bits per heavy atom. The summed E-state index contributed by atoms with van der Waals surface area (Å²) in [5.74, 6) is 0.113. The van der Waals surface area contributed by atoms with Crippen LogP contribution < -0.4 is 10.6 Å². The number of hydrogen-bond donors (Lipinski definition) is 2. The largest absolute Gasteiger partial charge is 0.355 e. The van der Waals surface area contributed by atoms with Crippen molar-refractivity contribution in [3.63, 3.8) is 0 Å². The molecule has 2 N–H and O–H groups in total. The van der Waals surface area contributed by atoms with Crippen LogP contribution in [0.15, 0.2) is 0 Å². The second-order valence-electron chi connectivity index (χ2n) is 5.27. The van der Waals surface area contributed by atoms with Crippen molar-refractivity contribution in [3.8, 4) is 0 Å². The second-order valence-corrected chi connectivity index (χ2v) is 5.27. The van der Waals surface area contributed by atoms with Gasteiger partial charge < -0.3 is 10.6 Å². The highest BCUT2D eigenvalue weighted by Crippen LogP contribution is 2.34. The number of nitrogens with one attached hydrogen (secondary N) is 2. The number of hydrogen-bond acceptors (Lipinski definition) is 2. The average Bonchev–Trinajstić information content (AvgIpc) is 2.17. The Kier molecular flexibility index (Phi) is 4.58. The molecule has 0 bridgehead atoms. The molecule has 1 saturated carbocycles. The molecule has 15 heavy (non-hydrogen) atoms. The minimum absolute atomic E-state index is 0.113. The molecule has 0 atom stereocenters. The molecule has 1 amide bonds. The van der Waals surface area contributed by atoms with Crippen LogP contribution in [-0.2, 0) is 4.79 Å². The van der Waals surface area contributed by atoms with Gasteiger partial charge in [0.1, 0.15) is 0 Å². The molecule has 0 aromatic heterocycles. The van der Waals surface area contributed by atoms with Crippen molar-refractivity contribution in [2.24, 2.45) is 5.41 Å². The molecule has 1 aliphatic rings. The van der Waals surface area contributed by atoms with Crippen LogP contribution in [0.1, 0.15) is 46.5 Å². The zero-order chi connectivity index (χ0) is 11.3. The summed E-state index contributed by atoms with van der Waals surface area (Å²) >= 11 is 0. The maximum absolute atomic E-state index is 11.2. The van der Waals surface area contributed by atoms with Gasteiger partial charge in [0.2, 0.25) is 5.91 Å². The fraction of sp³-hybridized carbons (Fsp3) is 0.917. The molecular weight excluding hydrogens is 188 g/mol. The SMILES string of the molecule is CCNC(=O)CNC1CCC(C)(C)CC1. The van der Waals surface area contributed by atoms with Crippen molar-refractivity contribution in [2.75, 3.05) is 13.1 Å². The van der Waals surface area contributed by atoms with E-state index in [4.69, 9.17) is 0 Å². The van der Waals surface area contributed by atoms with E-state index >= 15 is 0 Å². The van der Waals surface area contributed by atoms with Crippen LogP contribution in [0.4, 0.5) is 0 Å². The van der Waals surface area contributed by atoms with Gasteiger partial charge in [-0.15, -0.1) is 0 Å². The fourth-order valence-corrected chi connectivity index (χ4v) is 2.10. The molecule has 1 rings (SSSR count). The van der Waals surface area contributed by atoms with Gasteiger partial charge >= 0.3 is 0 Å². The predicted octanol–water partition coefficient (Wildman–Crippen LogP) is 1.68. The van der Waals surface area contributed by atoms with E-state index in [1.54, 1.807) is 0 Å². The lowest BCUT2D eigenvalue weighted by molar-refractivity contribution is -0.120. The lowest BCUT2D eigenvalue weighted by Crippen LogP contribution is -2.41. The number of amides is 1. The second kappa shape index (κ2) is 5.50. The van der Waals surface area contributed by atoms with Gasteiger partial charge in [0.05, 0.1) is 6.54 Å². The first-order valence-corrected chi connectivity index (χ1v) is 6.03. The summed E-state index contributed by atoms with van der Waals surface area (Å²) in [6.45, 7) is 7.79.